The largest absolute Gasteiger partial charge is 0.241 e. The van der Waals surface area contributed by atoms with Gasteiger partial charge in [-0.2, -0.15) is 4.52 Å². The Labute approximate surface area is 70.3 Å². The highest BCUT2D eigenvalue weighted by Crippen LogP contribution is 2.07. The van der Waals surface area contributed by atoms with E-state index in [1.165, 1.54) is 0 Å². The van der Waals surface area contributed by atoms with Crippen molar-refractivity contribution in [1.82, 2.24) is 19.6 Å². The third-order valence-electron chi connectivity index (χ3n) is 1.82. The Hall–Kier alpha value is -1.45. The molecule has 12 heavy (non-hydrogen) atoms. The molecule has 0 bridgehead atoms. The fraction of sp³-hybridized carbons (Fsp3) is 0.375. The van der Waals surface area contributed by atoms with Crippen LogP contribution in [-0.2, 0) is 0 Å². The third kappa shape index (κ3) is 0.879. The summed E-state index contributed by atoms with van der Waals surface area (Å²) in [7, 11) is 0. The van der Waals surface area contributed by atoms with E-state index in [0.717, 1.165) is 22.9 Å². The van der Waals surface area contributed by atoms with Crippen molar-refractivity contribution < 1.29 is 0 Å². The minimum atomic E-state index is 0.786. The molecule has 0 saturated carbocycles. The fourth-order valence-electron chi connectivity index (χ4n) is 1.20. The van der Waals surface area contributed by atoms with Crippen molar-refractivity contribution >= 4 is 5.65 Å². The summed E-state index contributed by atoms with van der Waals surface area (Å²) >= 11 is 0. The van der Waals surface area contributed by atoms with Crippen LogP contribution in [0.5, 0.6) is 0 Å². The lowest BCUT2D eigenvalue weighted by Crippen LogP contribution is -1.98. The Morgan fingerprint density at radius 1 is 1.25 bits per heavy atom. The Bertz CT molecular complexity index is 391. The lowest BCUT2D eigenvalue weighted by molar-refractivity contribution is 0.843. The summed E-state index contributed by atoms with van der Waals surface area (Å²) in [6.45, 7) is 5.78. The molecule has 0 fully saturated rings. The predicted molar refractivity (Wildman–Crippen MR) is 45.0 cm³/mol. The monoisotopic (exact) mass is 162 g/mol. The SMILES string of the molecule is Cc1nc2c(C)cnc(C)n2n1. The molecule has 62 valence electrons. The zero-order valence-corrected chi connectivity index (χ0v) is 7.37. The lowest BCUT2D eigenvalue weighted by Gasteiger charge is -1.97. The molecule has 4 heteroatoms. The van der Waals surface area contributed by atoms with Crippen LogP contribution in [0.25, 0.3) is 5.65 Å². The maximum absolute atomic E-state index is 4.29. The zero-order chi connectivity index (χ0) is 8.72. The molecule has 0 radical (unpaired) electrons. The number of hydrogen-bond acceptors (Lipinski definition) is 3. The Balaban J connectivity index is 2.93. The minimum absolute atomic E-state index is 0.786. The van der Waals surface area contributed by atoms with Gasteiger partial charge in [0.05, 0.1) is 0 Å². The van der Waals surface area contributed by atoms with E-state index in [1.807, 2.05) is 27.0 Å². The second kappa shape index (κ2) is 2.27. The van der Waals surface area contributed by atoms with Crippen molar-refractivity contribution in [2.45, 2.75) is 20.8 Å². The van der Waals surface area contributed by atoms with E-state index < -0.39 is 0 Å². The van der Waals surface area contributed by atoms with Gasteiger partial charge in [0.15, 0.2) is 5.65 Å². The number of fused-ring (bicyclic) bond motifs is 1. The van der Waals surface area contributed by atoms with Crippen molar-refractivity contribution in [3.63, 3.8) is 0 Å². The topological polar surface area (TPSA) is 43.1 Å². The predicted octanol–water partition coefficient (Wildman–Crippen LogP) is 1.05. The number of hydrogen-bond donors (Lipinski definition) is 0. The maximum Gasteiger partial charge on any atom is 0.162 e. The molecule has 0 saturated heterocycles. The van der Waals surface area contributed by atoms with Gasteiger partial charge < -0.3 is 0 Å². The molecule has 0 atom stereocenters. The van der Waals surface area contributed by atoms with Crippen LogP contribution in [0.4, 0.5) is 0 Å². The number of aryl methyl sites for hydroxylation is 3. The molecular weight excluding hydrogens is 152 g/mol. The number of aromatic nitrogens is 4. The summed E-state index contributed by atoms with van der Waals surface area (Å²) < 4.78 is 1.77. The van der Waals surface area contributed by atoms with Gasteiger partial charge in [-0.3, -0.25) is 0 Å². The maximum atomic E-state index is 4.29. The van der Waals surface area contributed by atoms with E-state index in [9.17, 15) is 0 Å². The second-order valence-electron chi connectivity index (χ2n) is 2.88. The number of rotatable bonds is 0. The zero-order valence-electron chi connectivity index (χ0n) is 7.37. The molecule has 0 spiro atoms. The average Bonchev–Trinajstić information content (AvgIpc) is 2.41. The average molecular weight is 162 g/mol. The highest BCUT2D eigenvalue weighted by molar-refractivity contribution is 5.45. The Morgan fingerprint density at radius 2 is 2.00 bits per heavy atom. The van der Waals surface area contributed by atoms with Gasteiger partial charge in [0.1, 0.15) is 11.6 Å². The summed E-state index contributed by atoms with van der Waals surface area (Å²) in [6, 6.07) is 0. The van der Waals surface area contributed by atoms with Gasteiger partial charge in [-0.05, 0) is 20.8 Å². The quantitative estimate of drug-likeness (QED) is 0.581. The van der Waals surface area contributed by atoms with E-state index in [-0.39, 0.29) is 0 Å². The van der Waals surface area contributed by atoms with Crippen molar-refractivity contribution in [3.05, 3.63) is 23.4 Å². The van der Waals surface area contributed by atoms with Crippen molar-refractivity contribution in [2.75, 3.05) is 0 Å². The van der Waals surface area contributed by atoms with E-state index in [0.29, 0.717) is 0 Å². The standard InChI is InChI=1S/C8H10N4/c1-5-4-9-7(3)12-8(5)10-6(2)11-12/h4H,1-3H3. The van der Waals surface area contributed by atoms with E-state index in [1.54, 1.807) is 4.52 Å². The molecular formula is C8H10N4. The van der Waals surface area contributed by atoms with Crippen LogP contribution in [-0.4, -0.2) is 19.6 Å². The van der Waals surface area contributed by atoms with Gasteiger partial charge in [0.25, 0.3) is 0 Å². The molecule has 0 amide bonds. The Morgan fingerprint density at radius 3 is 2.67 bits per heavy atom. The van der Waals surface area contributed by atoms with Crippen LogP contribution >= 0.6 is 0 Å². The first-order chi connectivity index (χ1) is 5.68. The molecule has 2 aromatic heterocycles. The van der Waals surface area contributed by atoms with Gasteiger partial charge >= 0.3 is 0 Å². The smallest absolute Gasteiger partial charge is 0.162 e. The first-order valence-corrected chi connectivity index (χ1v) is 3.84. The highest BCUT2D eigenvalue weighted by atomic mass is 15.3. The van der Waals surface area contributed by atoms with Gasteiger partial charge in [0.2, 0.25) is 0 Å². The lowest BCUT2D eigenvalue weighted by atomic mass is 10.4. The van der Waals surface area contributed by atoms with E-state index in [4.69, 9.17) is 0 Å². The molecule has 0 aliphatic rings. The minimum Gasteiger partial charge on any atom is -0.241 e. The van der Waals surface area contributed by atoms with Crippen LogP contribution in [0.1, 0.15) is 17.2 Å². The molecule has 0 aliphatic carbocycles. The van der Waals surface area contributed by atoms with Gasteiger partial charge in [-0.1, -0.05) is 0 Å². The van der Waals surface area contributed by atoms with Crippen LogP contribution in [0.2, 0.25) is 0 Å². The molecule has 0 unspecified atom stereocenters. The summed E-state index contributed by atoms with van der Waals surface area (Å²) in [5.74, 6) is 1.66. The van der Waals surface area contributed by atoms with Crippen LogP contribution in [0.15, 0.2) is 6.20 Å². The normalized spacial score (nSPS) is 10.9. The summed E-state index contributed by atoms with van der Waals surface area (Å²) in [5, 5.41) is 4.22. The molecule has 4 nitrogen and oxygen atoms in total. The van der Waals surface area contributed by atoms with Gasteiger partial charge in [-0.25, -0.2) is 9.97 Å². The summed E-state index contributed by atoms with van der Waals surface area (Å²) in [4.78, 5) is 8.47. The van der Waals surface area contributed by atoms with Crippen LogP contribution in [0.3, 0.4) is 0 Å². The van der Waals surface area contributed by atoms with Gasteiger partial charge in [0, 0.05) is 11.8 Å². The summed E-state index contributed by atoms with van der Waals surface area (Å²) in [6.07, 6.45) is 1.82. The summed E-state index contributed by atoms with van der Waals surface area (Å²) in [5.41, 5.74) is 1.96. The molecule has 0 aliphatic heterocycles. The van der Waals surface area contributed by atoms with Crippen molar-refractivity contribution in [2.24, 2.45) is 0 Å². The van der Waals surface area contributed by atoms with E-state index in [2.05, 4.69) is 15.1 Å². The van der Waals surface area contributed by atoms with Crippen LogP contribution < -0.4 is 0 Å². The third-order valence-corrected chi connectivity index (χ3v) is 1.82. The van der Waals surface area contributed by atoms with Crippen molar-refractivity contribution in [1.29, 1.82) is 0 Å². The van der Waals surface area contributed by atoms with Crippen LogP contribution in [0, 0.1) is 20.8 Å². The molecule has 2 aromatic rings. The second-order valence-corrected chi connectivity index (χ2v) is 2.88. The molecule has 2 rings (SSSR count). The molecule has 0 aromatic carbocycles. The first kappa shape index (κ1) is 7.21. The first-order valence-electron chi connectivity index (χ1n) is 3.84. The van der Waals surface area contributed by atoms with E-state index >= 15 is 0 Å². The molecule has 0 N–H and O–H groups in total. The number of nitrogens with zero attached hydrogens (tertiary/aromatic N) is 4. The van der Waals surface area contributed by atoms with Crippen molar-refractivity contribution in [3.8, 4) is 0 Å². The molecule has 2 heterocycles. The fourth-order valence-corrected chi connectivity index (χ4v) is 1.20. The van der Waals surface area contributed by atoms with Gasteiger partial charge in [-0.15, -0.1) is 5.10 Å². The highest BCUT2D eigenvalue weighted by Gasteiger charge is 2.04. The Kier molecular flexibility index (Phi) is 1.36.